The van der Waals surface area contributed by atoms with Crippen molar-refractivity contribution in [2.45, 2.75) is 25.4 Å². The predicted molar refractivity (Wildman–Crippen MR) is 89.8 cm³/mol. The number of carbonyl (C=O) groups is 2. The van der Waals surface area contributed by atoms with Crippen LogP contribution < -0.4 is 9.47 Å². The summed E-state index contributed by atoms with van der Waals surface area (Å²) in [4.78, 5) is 25.2. The van der Waals surface area contributed by atoms with Crippen LogP contribution in [0, 0.1) is 11.8 Å². The lowest BCUT2D eigenvalue weighted by Crippen LogP contribution is -2.43. The summed E-state index contributed by atoms with van der Waals surface area (Å²) in [5.41, 5.74) is -0.657. The minimum Gasteiger partial charge on any atom is -0.493 e. The van der Waals surface area contributed by atoms with Gasteiger partial charge in [0.25, 0.3) is 0 Å². The lowest BCUT2D eigenvalue weighted by atomic mass is 9.83. The largest absolute Gasteiger partial charge is 0.493 e. The zero-order valence-electron chi connectivity index (χ0n) is 15.5. The minimum atomic E-state index is -4.69. The molecule has 0 aliphatic carbocycles. The molecule has 2 atom stereocenters. The van der Waals surface area contributed by atoms with Gasteiger partial charge in [0.2, 0.25) is 5.91 Å². The van der Waals surface area contributed by atoms with Crippen molar-refractivity contribution in [1.82, 2.24) is 4.90 Å². The van der Waals surface area contributed by atoms with Crippen molar-refractivity contribution < 1.29 is 37.3 Å². The second-order valence-electron chi connectivity index (χ2n) is 7.00. The van der Waals surface area contributed by atoms with E-state index in [1.807, 2.05) is 0 Å². The Labute approximate surface area is 154 Å². The van der Waals surface area contributed by atoms with Crippen molar-refractivity contribution in [3.05, 3.63) is 23.8 Å². The Balaban J connectivity index is 2.32. The van der Waals surface area contributed by atoms with E-state index in [4.69, 9.17) is 14.6 Å². The topological polar surface area (TPSA) is 76.1 Å². The molecule has 27 heavy (non-hydrogen) atoms. The van der Waals surface area contributed by atoms with E-state index in [0.29, 0.717) is 17.1 Å². The molecule has 9 heteroatoms. The van der Waals surface area contributed by atoms with E-state index in [-0.39, 0.29) is 0 Å². The molecule has 150 valence electrons. The number of benzene rings is 1. The normalized spacial score (nSPS) is 20.5. The second-order valence-corrected chi connectivity index (χ2v) is 7.00. The molecule has 1 saturated heterocycles. The van der Waals surface area contributed by atoms with Gasteiger partial charge < -0.3 is 19.5 Å². The molecule has 1 aliphatic rings. The van der Waals surface area contributed by atoms with E-state index < -0.39 is 48.4 Å². The molecule has 6 nitrogen and oxygen atoms in total. The van der Waals surface area contributed by atoms with E-state index in [2.05, 4.69) is 0 Å². The number of aliphatic carboxylic acids is 1. The van der Waals surface area contributed by atoms with E-state index in [0.717, 1.165) is 4.90 Å². The van der Waals surface area contributed by atoms with E-state index in [1.54, 1.807) is 32.0 Å². The first-order chi connectivity index (χ1) is 12.4. The Kier molecular flexibility index (Phi) is 5.63. The molecule has 1 fully saturated rings. The summed E-state index contributed by atoms with van der Waals surface area (Å²) in [5.74, 6) is -5.05. The van der Waals surface area contributed by atoms with Gasteiger partial charge in [0, 0.05) is 13.1 Å². The molecule has 0 saturated carbocycles. The van der Waals surface area contributed by atoms with Gasteiger partial charge in [0.1, 0.15) is 0 Å². The van der Waals surface area contributed by atoms with Crippen LogP contribution in [0.4, 0.5) is 13.2 Å². The summed E-state index contributed by atoms with van der Waals surface area (Å²) < 4.78 is 49.9. The maximum absolute atomic E-state index is 13.2. The van der Waals surface area contributed by atoms with Crippen molar-refractivity contribution in [2.75, 3.05) is 27.3 Å². The maximum atomic E-state index is 13.2. The molecule has 1 N–H and O–H groups in total. The highest BCUT2D eigenvalue weighted by Crippen LogP contribution is 2.40. The van der Waals surface area contributed by atoms with Crippen LogP contribution in [0.3, 0.4) is 0 Å². The standard InChI is InChI=1S/C18H22F3NO5/c1-17(2,10-5-6-13(26-3)14(7-10)27-4)16(25)22-8-11(15(23)24)12(9-22)18(19,20)21/h5-7,11-12H,8-9H2,1-4H3,(H,23,24)/t11-,12-/m1/s1. The highest BCUT2D eigenvalue weighted by molar-refractivity contribution is 5.88. The fraction of sp³-hybridized carbons (Fsp3) is 0.556. The number of nitrogens with zero attached hydrogens (tertiary/aromatic N) is 1. The smallest absolute Gasteiger partial charge is 0.394 e. The first kappa shape index (κ1) is 20.9. The van der Waals surface area contributed by atoms with E-state index in [1.165, 1.54) is 14.2 Å². The fourth-order valence-electron chi connectivity index (χ4n) is 3.30. The Morgan fingerprint density at radius 2 is 1.70 bits per heavy atom. The lowest BCUT2D eigenvalue weighted by molar-refractivity contribution is -0.188. The van der Waals surface area contributed by atoms with E-state index >= 15 is 0 Å². The molecule has 1 amide bonds. The number of carboxylic acid groups (broad SMARTS) is 1. The molecular weight excluding hydrogens is 367 g/mol. The number of hydrogen-bond acceptors (Lipinski definition) is 4. The Morgan fingerprint density at radius 1 is 1.11 bits per heavy atom. The van der Waals surface area contributed by atoms with Gasteiger partial charge in [-0.3, -0.25) is 9.59 Å². The molecule has 1 aliphatic heterocycles. The summed E-state index contributed by atoms with van der Waals surface area (Å²) >= 11 is 0. The van der Waals surface area contributed by atoms with Gasteiger partial charge in [-0.1, -0.05) is 6.07 Å². The first-order valence-electron chi connectivity index (χ1n) is 8.24. The number of hydrogen-bond donors (Lipinski definition) is 1. The summed E-state index contributed by atoms with van der Waals surface area (Å²) in [5, 5.41) is 9.12. The lowest BCUT2D eigenvalue weighted by Gasteiger charge is -2.30. The quantitative estimate of drug-likeness (QED) is 0.838. The van der Waals surface area contributed by atoms with Gasteiger partial charge in [0.15, 0.2) is 11.5 Å². The molecule has 0 unspecified atom stereocenters. The molecular formula is C18H22F3NO5. The number of carboxylic acids is 1. The van der Waals surface area contributed by atoms with Gasteiger partial charge in [-0.25, -0.2) is 0 Å². The Morgan fingerprint density at radius 3 is 2.15 bits per heavy atom. The van der Waals surface area contributed by atoms with Crippen molar-refractivity contribution in [1.29, 1.82) is 0 Å². The average molecular weight is 389 g/mol. The van der Waals surface area contributed by atoms with Crippen molar-refractivity contribution in [3.63, 3.8) is 0 Å². The summed E-state index contributed by atoms with van der Waals surface area (Å²) in [6.07, 6.45) is -4.69. The van der Waals surface area contributed by atoms with Crippen LogP contribution >= 0.6 is 0 Å². The van der Waals surface area contributed by atoms with E-state index in [9.17, 15) is 22.8 Å². The molecule has 1 aromatic rings. The number of ether oxygens (including phenoxy) is 2. The van der Waals surface area contributed by atoms with Crippen LogP contribution in [0.25, 0.3) is 0 Å². The minimum absolute atomic E-state index is 0.383. The zero-order chi connectivity index (χ0) is 20.6. The average Bonchev–Trinajstić information content (AvgIpc) is 3.06. The third-order valence-electron chi connectivity index (χ3n) is 4.98. The van der Waals surface area contributed by atoms with Crippen LogP contribution in [0.1, 0.15) is 19.4 Å². The third-order valence-corrected chi connectivity index (χ3v) is 4.98. The third kappa shape index (κ3) is 3.96. The number of alkyl halides is 3. The predicted octanol–water partition coefficient (Wildman–Crippen LogP) is 2.70. The van der Waals surface area contributed by atoms with Crippen LogP contribution in [0.5, 0.6) is 11.5 Å². The maximum Gasteiger partial charge on any atom is 0.394 e. The highest BCUT2D eigenvalue weighted by Gasteiger charge is 2.54. The SMILES string of the molecule is COc1ccc(C(C)(C)C(=O)N2C[C@@H](C(F)(F)F)[C@H](C(=O)O)C2)cc1OC. The van der Waals surface area contributed by atoms with Gasteiger partial charge in [-0.05, 0) is 31.5 Å². The van der Waals surface area contributed by atoms with Crippen LogP contribution in [-0.4, -0.2) is 55.4 Å². The fourth-order valence-corrected chi connectivity index (χ4v) is 3.30. The molecule has 0 radical (unpaired) electrons. The number of halogens is 3. The highest BCUT2D eigenvalue weighted by atomic mass is 19.4. The van der Waals surface area contributed by atoms with Gasteiger partial charge in [-0.2, -0.15) is 13.2 Å². The summed E-state index contributed by atoms with van der Waals surface area (Å²) in [6, 6.07) is 4.82. The van der Waals surface area contributed by atoms with Crippen molar-refractivity contribution >= 4 is 11.9 Å². The van der Waals surface area contributed by atoms with Gasteiger partial charge in [-0.15, -0.1) is 0 Å². The molecule has 0 aromatic heterocycles. The number of rotatable bonds is 5. The van der Waals surface area contributed by atoms with Crippen LogP contribution in [0.2, 0.25) is 0 Å². The number of amides is 1. The van der Waals surface area contributed by atoms with Crippen LogP contribution in [-0.2, 0) is 15.0 Å². The van der Waals surface area contributed by atoms with Gasteiger partial charge in [0.05, 0.1) is 31.5 Å². The number of methoxy groups -OCH3 is 2. The summed E-state index contributed by atoms with van der Waals surface area (Å²) in [6.45, 7) is 2.01. The zero-order valence-corrected chi connectivity index (χ0v) is 15.5. The molecule has 1 heterocycles. The Hall–Kier alpha value is -2.45. The molecule has 1 aromatic carbocycles. The number of carbonyl (C=O) groups excluding carboxylic acids is 1. The first-order valence-corrected chi connectivity index (χ1v) is 8.24. The second kappa shape index (κ2) is 7.28. The molecule has 2 rings (SSSR count). The van der Waals surface area contributed by atoms with Crippen molar-refractivity contribution in [2.24, 2.45) is 11.8 Å². The van der Waals surface area contributed by atoms with Gasteiger partial charge >= 0.3 is 12.1 Å². The van der Waals surface area contributed by atoms with Crippen LogP contribution in [0.15, 0.2) is 18.2 Å². The molecule has 0 spiro atoms. The Bertz CT molecular complexity index is 732. The van der Waals surface area contributed by atoms with Crippen molar-refractivity contribution in [3.8, 4) is 11.5 Å². The monoisotopic (exact) mass is 389 g/mol. The molecule has 0 bridgehead atoms. The number of likely N-dealkylation sites (tertiary alicyclic amines) is 1. The summed E-state index contributed by atoms with van der Waals surface area (Å²) in [7, 11) is 2.89.